The van der Waals surface area contributed by atoms with Gasteiger partial charge in [-0.25, -0.2) is 61.1 Å². The Balaban J connectivity index is 0.000000211. The van der Waals surface area contributed by atoms with Crippen LogP contribution in [0.3, 0.4) is 0 Å². The highest BCUT2D eigenvalue weighted by molar-refractivity contribution is 7.89. The summed E-state index contributed by atoms with van der Waals surface area (Å²) in [6, 6.07) is 10.6. The van der Waals surface area contributed by atoms with E-state index in [-0.39, 0.29) is 83.5 Å². The molecule has 4 fully saturated rings. The van der Waals surface area contributed by atoms with E-state index in [1.807, 2.05) is 27.7 Å². The second kappa shape index (κ2) is 28.5. The van der Waals surface area contributed by atoms with Crippen LogP contribution in [0.2, 0.25) is 0 Å². The number of benzene rings is 2. The first-order chi connectivity index (χ1) is 40.5. The average Bonchev–Trinajstić information content (AvgIpc) is 1.65. The number of halogens is 3. The van der Waals surface area contributed by atoms with Gasteiger partial charge in [0.25, 0.3) is 11.8 Å². The minimum absolute atomic E-state index is 0. The predicted octanol–water partition coefficient (Wildman–Crippen LogP) is 4.26. The van der Waals surface area contributed by atoms with E-state index < -0.39 is 86.7 Å². The molecule has 35 heteroatoms. The van der Waals surface area contributed by atoms with Gasteiger partial charge in [0, 0.05) is 56.1 Å². The molecule has 4 aliphatic heterocycles. The third-order valence-electron chi connectivity index (χ3n) is 12.9. The molecule has 8 heterocycles. The lowest BCUT2D eigenvalue weighted by Crippen LogP contribution is -2.42. The second-order valence-corrected chi connectivity index (χ2v) is 24.5. The first kappa shape index (κ1) is 66.9. The quantitative estimate of drug-likeness (QED) is 0.0375. The molecule has 6 aromatic rings. The molecule has 4 saturated heterocycles. The van der Waals surface area contributed by atoms with Crippen LogP contribution in [0.5, 0.6) is 0 Å². The van der Waals surface area contributed by atoms with Crippen molar-refractivity contribution in [2.45, 2.75) is 119 Å². The van der Waals surface area contributed by atoms with E-state index in [1.165, 1.54) is 77.9 Å². The number of anilines is 3. The summed E-state index contributed by atoms with van der Waals surface area (Å²) in [5.74, 6) is -1.47. The van der Waals surface area contributed by atoms with Crippen LogP contribution in [-0.2, 0) is 62.9 Å². The molecule has 4 amide bonds. The van der Waals surface area contributed by atoms with Gasteiger partial charge >= 0.3 is 6.03 Å². The Kier molecular flexibility index (Phi) is 22.2. The number of imidazole rings is 2. The largest absolute Gasteiger partial charge is 0.382 e. The Morgan fingerprint density at radius 3 is 1.66 bits per heavy atom. The smallest absolute Gasteiger partial charge is 0.324 e. The number of nitrogens with zero attached hydrogens (tertiary/aromatic N) is 10. The number of isocyanates is 1. The molecule has 86 heavy (non-hydrogen) atoms. The summed E-state index contributed by atoms with van der Waals surface area (Å²) in [7, 11) is -7.34. The molecule has 0 radical (unpaired) electrons. The van der Waals surface area contributed by atoms with Crippen LogP contribution in [0, 0.1) is 0 Å². The van der Waals surface area contributed by atoms with Crippen molar-refractivity contribution in [3.63, 3.8) is 0 Å². The van der Waals surface area contributed by atoms with Crippen LogP contribution in [0.1, 0.15) is 61.4 Å². The number of hydrogen-bond acceptors (Lipinski definition) is 22. The van der Waals surface area contributed by atoms with Crippen LogP contribution in [-0.4, -0.2) is 183 Å². The molecule has 8 atom stereocenters. The van der Waals surface area contributed by atoms with Crippen molar-refractivity contribution in [1.29, 1.82) is 0 Å². The van der Waals surface area contributed by atoms with Crippen LogP contribution < -0.4 is 31.7 Å². The number of carbonyl (C=O) groups excluding carboxylic acids is 4. The normalized spacial score (nSPS) is 22.5. The molecule has 30 nitrogen and oxygen atoms in total. The van der Waals surface area contributed by atoms with Gasteiger partial charge in [-0.3, -0.25) is 24.0 Å². The van der Waals surface area contributed by atoms with Crippen molar-refractivity contribution in [3.05, 3.63) is 73.8 Å². The number of nitrogen functional groups attached to an aromatic ring is 1. The van der Waals surface area contributed by atoms with Gasteiger partial charge in [0.2, 0.25) is 26.1 Å². The lowest BCUT2D eigenvalue weighted by Gasteiger charge is -2.24. The van der Waals surface area contributed by atoms with E-state index >= 15 is 0 Å². The van der Waals surface area contributed by atoms with Crippen molar-refractivity contribution in [2.24, 2.45) is 4.99 Å². The molecule has 2 aromatic carbocycles. The number of fused-ring (bicyclic) bond motifs is 4. The number of alkyl halides is 3. The molecule has 0 unspecified atom stereocenters. The Bertz CT molecular complexity index is 3630. The fourth-order valence-electron chi connectivity index (χ4n) is 9.44. The molecule has 0 saturated carbocycles. The minimum Gasteiger partial charge on any atom is -0.382 e. The Morgan fingerprint density at radius 1 is 0.674 bits per heavy atom. The highest BCUT2D eigenvalue weighted by Crippen LogP contribution is 2.45. The number of rotatable bonds is 19. The number of likely N-dealkylation sites (N-methyl/N-ethyl adjacent to an activating group) is 2. The second-order valence-electron chi connectivity index (χ2n) is 19.6. The lowest BCUT2D eigenvalue weighted by atomic mass is 10.1. The number of amides is 4. The van der Waals surface area contributed by atoms with E-state index in [9.17, 15) is 36.0 Å². The Labute approximate surface area is 509 Å². The van der Waals surface area contributed by atoms with Crippen LogP contribution in [0.15, 0.2) is 88.6 Å². The molecule has 0 spiro atoms. The molecule has 10 rings (SSSR count). The minimum atomic E-state index is -3.81. The van der Waals surface area contributed by atoms with Gasteiger partial charge in [-0.05, 0) is 90.1 Å². The summed E-state index contributed by atoms with van der Waals surface area (Å²) in [6.45, 7) is 12.1. The third kappa shape index (κ3) is 15.0. The predicted molar refractivity (Wildman–Crippen MR) is 314 cm³/mol. The van der Waals surface area contributed by atoms with Gasteiger partial charge in [-0.1, -0.05) is 7.43 Å². The zero-order valence-electron chi connectivity index (χ0n) is 46.4. The van der Waals surface area contributed by atoms with Gasteiger partial charge in [0.15, 0.2) is 64.7 Å². The van der Waals surface area contributed by atoms with E-state index in [0.717, 1.165) is 0 Å². The number of sulfonamides is 2. The molecule has 7 N–H and O–H groups in total. The number of nitrogens with two attached hydrogens (primary N) is 1. The molecule has 4 aliphatic rings. The van der Waals surface area contributed by atoms with Crippen molar-refractivity contribution >= 4 is 124 Å². The van der Waals surface area contributed by atoms with Crippen molar-refractivity contribution in [3.8, 4) is 0 Å². The molecule has 466 valence electrons. The molecular formula is C51H65Cl3N16O14S2. The van der Waals surface area contributed by atoms with Gasteiger partial charge in [-0.15, -0.1) is 34.8 Å². The van der Waals surface area contributed by atoms with Gasteiger partial charge in [0.05, 0.1) is 28.1 Å². The third-order valence-corrected chi connectivity index (χ3v) is 16.8. The van der Waals surface area contributed by atoms with Crippen LogP contribution in [0.25, 0.3) is 22.3 Å². The lowest BCUT2D eigenvalue weighted by molar-refractivity contribution is -0.198. The molecule has 0 bridgehead atoms. The van der Waals surface area contributed by atoms with E-state index in [2.05, 4.69) is 60.9 Å². The first-order valence-corrected chi connectivity index (χ1v) is 30.7. The number of aromatic nitrogens is 8. The Morgan fingerprint density at radius 2 is 1.16 bits per heavy atom. The number of hydrogen-bond donors (Lipinski definition) is 6. The number of ether oxygens (including phenoxy) is 6. The fourth-order valence-corrected chi connectivity index (χ4v) is 12.7. The SMILES string of the molecule is C.CCNC(=O)[C@H]1O[C@@H](n2cnc3c(N)ncnc32)[C@@H]2OC(C)(C)O[C@@H]21.CCNC(=O)[C@H]1O[C@@H](n2cnc3c(NC(=O)Nc4ccc(S(=O)(=O)N(CCCl)CCCl)cc4)ncnc32)[C@@H]2OC(C)(C)O[C@@H]21.O=C=Nc1ccc(S(=O)(=O)NCCCl)cc1. The number of urea groups is 1. The van der Waals surface area contributed by atoms with Crippen LogP contribution >= 0.6 is 34.8 Å². The monoisotopic (exact) mass is 1290 g/mol. The topological polar surface area (TPSA) is 381 Å². The van der Waals surface area contributed by atoms with E-state index in [1.54, 1.807) is 29.3 Å². The zero-order chi connectivity index (χ0) is 61.4. The number of nitrogens with one attached hydrogen (secondary N) is 5. The summed E-state index contributed by atoms with van der Waals surface area (Å²) >= 11 is 16.9. The zero-order valence-corrected chi connectivity index (χ0v) is 50.3. The Hall–Kier alpha value is -6.62. The number of carbonyl (C=O) groups is 3. The number of aliphatic imine (C=N–C) groups is 1. The maximum absolute atomic E-state index is 12.9. The van der Waals surface area contributed by atoms with Crippen molar-refractivity contribution in [1.82, 2.24) is 58.7 Å². The van der Waals surface area contributed by atoms with Gasteiger partial charge in [-0.2, -0.15) is 9.30 Å². The summed E-state index contributed by atoms with van der Waals surface area (Å²) < 4.78 is 91.9. The van der Waals surface area contributed by atoms with Crippen LogP contribution in [0.4, 0.5) is 27.8 Å². The first-order valence-electron chi connectivity index (χ1n) is 26.2. The maximum atomic E-state index is 12.9. The van der Waals surface area contributed by atoms with E-state index in [4.69, 9.17) is 69.0 Å². The highest BCUT2D eigenvalue weighted by atomic mass is 35.5. The summed E-state index contributed by atoms with van der Waals surface area (Å²) in [5.41, 5.74) is 8.12. The van der Waals surface area contributed by atoms with Gasteiger partial charge < -0.3 is 50.1 Å². The van der Waals surface area contributed by atoms with E-state index in [0.29, 0.717) is 41.3 Å². The van der Waals surface area contributed by atoms with Crippen molar-refractivity contribution in [2.75, 3.05) is 66.7 Å². The average molecular weight is 1300 g/mol. The summed E-state index contributed by atoms with van der Waals surface area (Å²) in [5, 5.41) is 10.8. The molecule has 4 aromatic heterocycles. The molecule has 0 aliphatic carbocycles. The highest BCUT2D eigenvalue weighted by Gasteiger charge is 2.59. The van der Waals surface area contributed by atoms with Gasteiger partial charge in [0.1, 0.15) is 42.6 Å². The molecular weight excluding hydrogens is 1230 g/mol. The fraction of sp³-hybridized carbons (Fsp3) is 0.490. The van der Waals surface area contributed by atoms with Crippen molar-refractivity contribution < 1.29 is 64.4 Å². The summed E-state index contributed by atoms with van der Waals surface area (Å²) in [6.07, 6.45) is 1.62. The summed E-state index contributed by atoms with van der Waals surface area (Å²) in [4.78, 5) is 76.8. The maximum Gasteiger partial charge on any atom is 0.324 e. The standard InChI is InChI=1S/C26H32Cl2N8O7S.C15H20N6O4.C9H9ClN2O3S.CH4/c1-4-29-23(37)19-18-20(43-26(2,3)42-18)24(41-19)36-14-32-17-21(30-13-31-22(17)36)34-25(38)33-15-5-7-16(8-6-15)44(39,40)35(11-9-27)12-10-28;1-4-17-13(22)9-8-10(25-15(2,3)24-8)14(23-9)21-6-20-7-11(16)18-5-19-12(7)21;10-5-6-12-16(14,15)9-3-1-8(2-4-9)11-7-13;/h5-8,13-14,18-20,24H,4,9-12H2,1-3H3,(H,29,37)(H2,30,31,33,34,38);5-6,8-10,14H,4H2,1-3H3,(H,17,22)(H2,16,18,19);1-4,12H,5-6H2;1H4/t18-,19+,20-,24-;8-,9+,10-,14-;;/m11../s1.